The van der Waals surface area contributed by atoms with E-state index >= 15 is 0 Å². The number of ketones is 2. The summed E-state index contributed by atoms with van der Waals surface area (Å²) in [6.07, 6.45) is 0. The summed E-state index contributed by atoms with van der Waals surface area (Å²) in [7, 11) is 0. The van der Waals surface area contributed by atoms with E-state index in [4.69, 9.17) is 20.4 Å². The quantitative estimate of drug-likeness (QED) is 0.335. The predicted octanol–water partition coefficient (Wildman–Crippen LogP) is -3.48. The van der Waals surface area contributed by atoms with E-state index in [1.807, 2.05) is 0 Å². The van der Waals surface area contributed by atoms with Crippen molar-refractivity contribution in [3.8, 4) is 0 Å². The Kier molecular flexibility index (Phi) is 2.22. The van der Waals surface area contributed by atoms with Crippen LogP contribution < -0.4 is 0 Å². The molecule has 2 atom stereocenters. The van der Waals surface area contributed by atoms with Gasteiger partial charge in [-0.1, -0.05) is 0 Å². The maximum atomic E-state index is 10.9. The molecule has 1 aliphatic rings. The number of aliphatic hydroxyl groups is 4. The van der Waals surface area contributed by atoms with E-state index in [0.29, 0.717) is 0 Å². The second kappa shape index (κ2) is 2.82. The van der Waals surface area contributed by atoms with Crippen molar-refractivity contribution in [3.05, 3.63) is 0 Å². The Morgan fingerprint density at radius 2 is 1.31 bits per heavy atom. The molecule has 0 aromatic heterocycles. The molecule has 13 heavy (non-hydrogen) atoms. The molecule has 4 N–H and O–H groups in total. The third-order valence-corrected chi connectivity index (χ3v) is 1.68. The van der Waals surface area contributed by atoms with Gasteiger partial charge in [0.25, 0.3) is 23.1 Å². The lowest BCUT2D eigenvalue weighted by Crippen LogP contribution is -2.43. The van der Waals surface area contributed by atoms with Crippen LogP contribution in [0.3, 0.4) is 0 Å². The van der Waals surface area contributed by atoms with Crippen LogP contribution in [0.2, 0.25) is 0 Å². The third-order valence-electron chi connectivity index (χ3n) is 1.68. The minimum absolute atomic E-state index is 1.17. The number of carbonyl (C=O) groups is 2. The van der Waals surface area contributed by atoms with Gasteiger partial charge in [0.05, 0.1) is 0 Å². The summed E-state index contributed by atoms with van der Waals surface area (Å²) in [6.45, 7) is -2.33. The fourth-order valence-electron chi connectivity index (χ4n) is 0.935. The Balaban J connectivity index is 3.04. The molecule has 0 aromatic carbocycles. The number of rotatable bonds is 2. The summed E-state index contributed by atoms with van der Waals surface area (Å²) >= 11 is 0. The van der Waals surface area contributed by atoms with E-state index in [0.717, 1.165) is 0 Å². The van der Waals surface area contributed by atoms with Crippen molar-refractivity contribution in [2.24, 2.45) is 0 Å². The van der Waals surface area contributed by atoms with Crippen molar-refractivity contribution < 1.29 is 34.8 Å². The van der Waals surface area contributed by atoms with Gasteiger partial charge in [-0.25, -0.2) is 0 Å². The van der Waals surface area contributed by atoms with Gasteiger partial charge in [-0.2, -0.15) is 0 Å². The van der Waals surface area contributed by atoms with E-state index in [1.165, 1.54) is 0 Å². The molecule has 1 heterocycles. The van der Waals surface area contributed by atoms with Crippen molar-refractivity contribution in [1.82, 2.24) is 0 Å². The van der Waals surface area contributed by atoms with Crippen LogP contribution in [0.15, 0.2) is 0 Å². The van der Waals surface area contributed by atoms with Gasteiger partial charge in [-0.05, 0) is 0 Å². The highest BCUT2D eigenvalue weighted by molar-refractivity contribution is 6.44. The Hall–Kier alpha value is -0.860. The van der Waals surface area contributed by atoms with Gasteiger partial charge in [0.15, 0.2) is 0 Å². The van der Waals surface area contributed by atoms with Crippen molar-refractivity contribution in [3.63, 3.8) is 0 Å². The number of Topliss-reactive ketones (excluding diaryl/α,β-unsaturated/α-hetero) is 2. The molecule has 0 saturated carbocycles. The van der Waals surface area contributed by atoms with Gasteiger partial charge >= 0.3 is 0 Å². The van der Waals surface area contributed by atoms with Gasteiger partial charge in [0.1, 0.15) is 13.2 Å². The van der Waals surface area contributed by atoms with E-state index in [-0.39, 0.29) is 0 Å². The van der Waals surface area contributed by atoms with E-state index in [9.17, 15) is 9.59 Å². The maximum absolute atomic E-state index is 10.9. The Bertz CT molecular complexity index is 236. The van der Waals surface area contributed by atoms with Gasteiger partial charge in [-0.3, -0.25) is 14.3 Å². The van der Waals surface area contributed by atoms with E-state index in [1.54, 1.807) is 0 Å². The topological polar surface area (TPSA) is 124 Å². The molecule has 1 aliphatic heterocycles. The number of carbonyl (C=O) groups excluding carboxylic acids is 2. The van der Waals surface area contributed by atoms with Gasteiger partial charge in [0.2, 0.25) is 0 Å². The smallest absolute Gasteiger partial charge is 0.265 e. The molecule has 0 aliphatic carbocycles. The standard InChI is InChI=1S/C6H8O7/c7-1-5(11)3(9)4(10)6(12,2-8)13-5/h7-8,11-12H,1-2H2. The minimum atomic E-state index is -2.74. The highest BCUT2D eigenvalue weighted by Crippen LogP contribution is 2.27. The third kappa shape index (κ3) is 1.26. The first-order valence-corrected chi connectivity index (χ1v) is 3.35. The van der Waals surface area contributed by atoms with Crippen molar-refractivity contribution in [1.29, 1.82) is 0 Å². The fraction of sp³-hybridized carbons (Fsp3) is 0.667. The SMILES string of the molecule is O=C1C(=O)C(O)(CO)OC1(O)CO. The average Bonchev–Trinajstić information content (AvgIpc) is 2.30. The van der Waals surface area contributed by atoms with Crippen LogP contribution in [0.4, 0.5) is 0 Å². The predicted molar refractivity (Wildman–Crippen MR) is 35.2 cm³/mol. The summed E-state index contributed by atoms with van der Waals surface area (Å²) in [5, 5.41) is 35.2. The Morgan fingerprint density at radius 1 is 1.00 bits per heavy atom. The maximum Gasteiger partial charge on any atom is 0.265 e. The van der Waals surface area contributed by atoms with Gasteiger partial charge < -0.3 is 20.4 Å². The summed E-state index contributed by atoms with van der Waals surface area (Å²) in [5.74, 6) is -8.44. The highest BCUT2D eigenvalue weighted by atomic mass is 16.7. The molecule has 0 radical (unpaired) electrons. The largest absolute Gasteiger partial charge is 0.390 e. The molecule has 7 nitrogen and oxygen atoms in total. The molecule has 2 unspecified atom stereocenters. The van der Waals surface area contributed by atoms with Crippen LogP contribution in [0.25, 0.3) is 0 Å². The minimum Gasteiger partial charge on any atom is -0.390 e. The molecular formula is C6H8O7. The van der Waals surface area contributed by atoms with E-state index < -0.39 is 36.4 Å². The van der Waals surface area contributed by atoms with Crippen LogP contribution in [0, 0.1) is 0 Å². The normalized spacial score (nSPS) is 40.0. The molecule has 7 heteroatoms. The molecule has 74 valence electrons. The molecule has 0 bridgehead atoms. The van der Waals surface area contributed by atoms with Crippen molar-refractivity contribution in [2.45, 2.75) is 11.6 Å². The Labute approximate surface area is 72.2 Å². The van der Waals surface area contributed by atoms with Crippen LogP contribution in [0.1, 0.15) is 0 Å². The zero-order valence-electron chi connectivity index (χ0n) is 6.43. The van der Waals surface area contributed by atoms with Gasteiger partial charge in [-0.15, -0.1) is 0 Å². The number of hydrogen-bond donors (Lipinski definition) is 4. The van der Waals surface area contributed by atoms with Crippen LogP contribution in [0.5, 0.6) is 0 Å². The monoisotopic (exact) mass is 192 g/mol. The van der Waals surface area contributed by atoms with Crippen LogP contribution >= 0.6 is 0 Å². The average molecular weight is 192 g/mol. The van der Waals surface area contributed by atoms with E-state index in [2.05, 4.69) is 4.74 Å². The molecule has 1 fully saturated rings. The molecular weight excluding hydrogens is 184 g/mol. The summed E-state index contributed by atoms with van der Waals surface area (Å²) in [6, 6.07) is 0. The van der Waals surface area contributed by atoms with Gasteiger partial charge in [0, 0.05) is 0 Å². The lowest BCUT2D eigenvalue weighted by molar-refractivity contribution is -0.294. The van der Waals surface area contributed by atoms with Crippen molar-refractivity contribution >= 4 is 11.6 Å². The molecule has 0 aromatic rings. The lowest BCUT2D eigenvalue weighted by atomic mass is 10.1. The van der Waals surface area contributed by atoms with Crippen LogP contribution in [-0.4, -0.2) is 56.8 Å². The molecule has 1 rings (SSSR count). The number of ether oxygens (including phenoxy) is 1. The first-order valence-electron chi connectivity index (χ1n) is 3.35. The highest BCUT2D eigenvalue weighted by Gasteiger charge is 2.61. The fourth-order valence-corrected chi connectivity index (χ4v) is 0.935. The second-order valence-corrected chi connectivity index (χ2v) is 2.65. The van der Waals surface area contributed by atoms with Crippen LogP contribution in [-0.2, 0) is 14.3 Å². The first-order chi connectivity index (χ1) is 5.89. The molecule has 0 amide bonds. The summed E-state index contributed by atoms with van der Waals surface area (Å²) in [5.41, 5.74) is 0. The first kappa shape index (κ1) is 10.2. The zero-order valence-corrected chi connectivity index (χ0v) is 6.43. The lowest BCUT2D eigenvalue weighted by Gasteiger charge is -2.21. The second-order valence-electron chi connectivity index (χ2n) is 2.65. The Morgan fingerprint density at radius 3 is 1.46 bits per heavy atom. The van der Waals surface area contributed by atoms with Crippen molar-refractivity contribution in [2.75, 3.05) is 13.2 Å². The number of hydrogen-bond acceptors (Lipinski definition) is 7. The zero-order chi connectivity index (χ0) is 10.3. The molecule has 0 spiro atoms. The summed E-state index contributed by atoms with van der Waals surface area (Å²) in [4.78, 5) is 21.8. The molecule has 1 saturated heterocycles. The summed E-state index contributed by atoms with van der Waals surface area (Å²) < 4.78 is 4.17. The number of aliphatic hydroxyl groups excluding tert-OH is 2.